The van der Waals surface area contributed by atoms with E-state index in [1.54, 1.807) is 0 Å². The van der Waals surface area contributed by atoms with Gasteiger partial charge in [0.25, 0.3) is 5.56 Å². The lowest BCUT2D eigenvalue weighted by atomic mass is 10.3. The second kappa shape index (κ2) is 4.78. The molecule has 17 heavy (non-hydrogen) atoms. The number of H-pyrrole nitrogens is 1. The van der Waals surface area contributed by atoms with E-state index in [0.29, 0.717) is 0 Å². The van der Waals surface area contributed by atoms with E-state index < -0.39 is 29.4 Å². The third-order valence-electron chi connectivity index (χ3n) is 2.39. The molecule has 2 rings (SSSR count). The monoisotopic (exact) mass is 246 g/mol. The first-order valence-electron chi connectivity index (χ1n) is 4.97. The van der Waals surface area contributed by atoms with Crippen molar-refractivity contribution in [2.45, 2.75) is 12.3 Å². The predicted molar refractivity (Wildman–Crippen MR) is 53.1 cm³/mol. The molecule has 7 nitrogen and oxygen atoms in total. The summed E-state index contributed by atoms with van der Waals surface area (Å²) >= 11 is 0. The number of aliphatic hydroxyl groups excluding tert-OH is 1. The summed E-state index contributed by atoms with van der Waals surface area (Å²) in [5.74, 6) is -1.07. The molecule has 2 atom stereocenters. The lowest BCUT2D eigenvalue weighted by Gasteiger charge is -2.29. The molecule has 8 heteroatoms. The van der Waals surface area contributed by atoms with E-state index in [-0.39, 0.29) is 19.8 Å². The number of halogens is 1. The summed E-state index contributed by atoms with van der Waals surface area (Å²) in [6.07, 6.45) is -0.486. The van der Waals surface area contributed by atoms with Gasteiger partial charge in [-0.15, -0.1) is 0 Å². The van der Waals surface area contributed by atoms with Crippen molar-refractivity contribution in [2.24, 2.45) is 0 Å². The Morgan fingerprint density at radius 2 is 2.24 bits per heavy atom. The number of aromatic nitrogens is 2. The van der Waals surface area contributed by atoms with Gasteiger partial charge < -0.3 is 14.6 Å². The number of hydrogen-bond donors (Lipinski definition) is 2. The molecule has 0 aliphatic carbocycles. The van der Waals surface area contributed by atoms with Crippen molar-refractivity contribution in [3.05, 3.63) is 32.9 Å². The van der Waals surface area contributed by atoms with Crippen LogP contribution in [-0.2, 0) is 9.47 Å². The number of nitrogens with one attached hydrogen (secondary N) is 1. The number of rotatable bonds is 2. The third-order valence-corrected chi connectivity index (χ3v) is 2.39. The zero-order chi connectivity index (χ0) is 12.4. The minimum absolute atomic E-state index is 0.00336. The first-order valence-corrected chi connectivity index (χ1v) is 4.97. The Kier molecular flexibility index (Phi) is 3.36. The smallest absolute Gasteiger partial charge is 0.330 e. The Morgan fingerprint density at radius 1 is 1.47 bits per heavy atom. The Morgan fingerprint density at radius 3 is 2.82 bits per heavy atom. The molecular formula is C9H11FN2O5. The normalized spacial score (nSPS) is 24.8. The van der Waals surface area contributed by atoms with Gasteiger partial charge in [0.2, 0.25) is 5.82 Å². The van der Waals surface area contributed by atoms with Gasteiger partial charge in [-0.3, -0.25) is 14.3 Å². The molecule has 2 unspecified atom stereocenters. The highest BCUT2D eigenvalue weighted by atomic mass is 19.1. The summed E-state index contributed by atoms with van der Waals surface area (Å²) in [5.41, 5.74) is -1.84. The van der Waals surface area contributed by atoms with Crippen molar-refractivity contribution >= 4 is 0 Å². The molecular weight excluding hydrogens is 235 g/mol. The van der Waals surface area contributed by atoms with Crippen LogP contribution in [0.2, 0.25) is 0 Å². The average molecular weight is 246 g/mol. The van der Waals surface area contributed by atoms with Crippen LogP contribution in [0.15, 0.2) is 15.8 Å². The second-order valence-electron chi connectivity index (χ2n) is 3.57. The lowest BCUT2D eigenvalue weighted by Crippen LogP contribution is -2.41. The van der Waals surface area contributed by atoms with Crippen LogP contribution in [0.1, 0.15) is 6.23 Å². The van der Waals surface area contributed by atoms with Gasteiger partial charge in [-0.25, -0.2) is 4.79 Å². The number of hydrogen-bond acceptors (Lipinski definition) is 5. The number of aromatic amines is 1. The van der Waals surface area contributed by atoms with Crippen molar-refractivity contribution < 1.29 is 19.0 Å². The Bertz CT molecular complexity index is 503. The summed E-state index contributed by atoms with van der Waals surface area (Å²) in [6, 6.07) is 0. The topological polar surface area (TPSA) is 93.6 Å². The molecule has 1 aliphatic heterocycles. The van der Waals surface area contributed by atoms with E-state index in [0.717, 1.165) is 10.8 Å². The lowest BCUT2D eigenvalue weighted by molar-refractivity contribution is -0.172. The standard InChI is InChI=1S/C9H11FN2O5/c10-6-1-12(9(15)11-8(6)14)7-4-16-5(2-13)3-17-7/h1,5,7,13H,2-4H2,(H,11,14,15). The highest BCUT2D eigenvalue weighted by Crippen LogP contribution is 2.14. The quantitative estimate of drug-likeness (QED) is 0.668. The van der Waals surface area contributed by atoms with Crippen LogP contribution in [0, 0.1) is 5.82 Å². The molecule has 1 aromatic heterocycles. The molecule has 0 spiro atoms. The first-order chi connectivity index (χ1) is 8.11. The van der Waals surface area contributed by atoms with Gasteiger partial charge in [-0.05, 0) is 0 Å². The number of nitrogens with zero attached hydrogens (tertiary/aromatic N) is 1. The van der Waals surface area contributed by atoms with Crippen LogP contribution in [0.4, 0.5) is 4.39 Å². The van der Waals surface area contributed by atoms with E-state index >= 15 is 0 Å². The Labute approximate surface area is 94.4 Å². The van der Waals surface area contributed by atoms with Gasteiger partial charge in [0.15, 0.2) is 6.23 Å². The predicted octanol–water partition coefficient (Wildman–Crippen LogP) is -1.42. The van der Waals surface area contributed by atoms with Crippen LogP contribution in [0.25, 0.3) is 0 Å². The maximum Gasteiger partial charge on any atom is 0.330 e. The van der Waals surface area contributed by atoms with Crippen molar-refractivity contribution in [1.29, 1.82) is 0 Å². The summed E-state index contributed by atoms with van der Waals surface area (Å²) < 4.78 is 24.3. The fourth-order valence-corrected chi connectivity index (χ4v) is 1.47. The van der Waals surface area contributed by atoms with Crippen LogP contribution in [0.5, 0.6) is 0 Å². The highest BCUT2D eigenvalue weighted by molar-refractivity contribution is 4.88. The molecule has 1 saturated heterocycles. The van der Waals surface area contributed by atoms with E-state index in [9.17, 15) is 14.0 Å². The molecule has 0 aromatic carbocycles. The van der Waals surface area contributed by atoms with Gasteiger partial charge in [-0.1, -0.05) is 0 Å². The molecule has 0 bridgehead atoms. The van der Waals surface area contributed by atoms with Crippen molar-refractivity contribution in [3.63, 3.8) is 0 Å². The molecule has 2 N–H and O–H groups in total. The minimum Gasteiger partial charge on any atom is -0.394 e. The van der Waals surface area contributed by atoms with Crippen LogP contribution in [-0.4, -0.2) is 40.6 Å². The van der Waals surface area contributed by atoms with Gasteiger partial charge in [0.1, 0.15) is 6.10 Å². The SMILES string of the molecule is O=c1[nH]c(=O)n(C2COC(CO)CO2)cc1F. The maximum atomic E-state index is 13.0. The van der Waals surface area contributed by atoms with E-state index in [2.05, 4.69) is 0 Å². The van der Waals surface area contributed by atoms with Crippen LogP contribution >= 0.6 is 0 Å². The molecule has 94 valence electrons. The van der Waals surface area contributed by atoms with E-state index in [1.807, 2.05) is 4.98 Å². The van der Waals surface area contributed by atoms with Gasteiger partial charge >= 0.3 is 5.69 Å². The number of aliphatic hydroxyl groups is 1. The maximum absolute atomic E-state index is 13.0. The molecule has 0 amide bonds. The molecule has 0 saturated carbocycles. The largest absolute Gasteiger partial charge is 0.394 e. The molecule has 1 aliphatic rings. The summed E-state index contributed by atoms with van der Waals surface area (Å²) in [4.78, 5) is 24.0. The molecule has 1 aromatic rings. The minimum atomic E-state index is -1.07. The van der Waals surface area contributed by atoms with Gasteiger partial charge in [0.05, 0.1) is 26.0 Å². The van der Waals surface area contributed by atoms with Crippen LogP contribution < -0.4 is 11.2 Å². The fourth-order valence-electron chi connectivity index (χ4n) is 1.47. The Hall–Kier alpha value is -1.51. The molecule has 2 heterocycles. The third kappa shape index (κ3) is 2.43. The van der Waals surface area contributed by atoms with Crippen molar-refractivity contribution in [3.8, 4) is 0 Å². The average Bonchev–Trinajstić information content (AvgIpc) is 2.34. The van der Waals surface area contributed by atoms with Gasteiger partial charge in [0, 0.05) is 0 Å². The van der Waals surface area contributed by atoms with E-state index in [1.165, 1.54) is 0 Å². The zero-order valence-electron chi connectivity index (χ0n) is 8.76. The summed E-state index contributed by atoms with van der Waals surface area (Å²) in [6.45, 7) is -0.105. The first kappa shape index (κ1) is 12.0. The second-order valence-corrected chi connectivity index (χ2v) is 3.57. The summed E-state index contributed by atoms with van der Waals surface area (Å²) in [7, 11) is 0. The van der Waals surface area contributed by atoms with E-state index in [4.69, 9.17) is 14.6 Å². The van der Waals surface area contributed by atoms with Crippen molar-refractivity contribution in [1.82, 2.24) is 9.55 Å². The van der Waals surface area contributed by atoms with Gasteiger partial charge in [-0.2, -0.15) is 4.39 Å². The van der Waals surface area contributed by atoms with Crippen LogP contribution in [0.3, 0.4) is 0 Å². The molecule has 0 radical (unpaired) electrons. The Balaban J connectivity index is 2.22. The number of ether oxygens (including phenoxy) is 2. The van der Waals surface area contributed by atoms with Crippen molar-refractivity contribution in [2.75, 3.05) is 19.8 Å². The fraction of sp³-hybridized carbons (Fsp3) is 0.556. The zero-order valence-corrected chi connectivity index (χ0v) is 8.76. The summed E-state index contributed by atoms with van der Waals surface area (Å²) in [5, 5.41) is 8.80. The molecule has 1 fully saturated rings. The highest BCUT2D eigenvalue weighted by Gasteiger charge is 2.24.